The Kier molecular flexibility index (Phi) is 3.27. The molecule has 0 spiro atoms. The van der Waals surface area contributed by atoms with Gasteiger partial charge in [-0.1, -0.05) is 0 Å². The summed E-state index contributed by atoms with van der Waals surface area (Å²) in [6.45, 7) is 0.195. The van der Waals surface area contributed by atoms with Crippen LogP contribution in [0, 0.1) is 0 Å². The summed E-state index contributed by atoms with van der Waals surface area (Å²) in [6.07, 6.45) is 1.16. The minimum absolute atomic E-state index is 0.195. The summed E-state index contributed by atoms with van der Waals surface area (Å²) >= 11 is 0. The third-order valence-corrected chi connectivity index (χ3v) is 4.70. The normalized spacial score (nSPS) is 13.2. The van der Waals surface area contributed by atoms with Crippen molar-refractivity contribution in [2.75, 3.05) is 13.0 Å². The van der Waals surface area contributed by atoms with Crippen molar-refractivity contribution >= 4 is 9.84 Å². The van der Waals surface area contributed by atoms with Gasteiger partial charge in [0.25, 0.3) is 0 Å². The fourth-order valence-corrected chi connectivity index (χ4v) is 2.96. The quantitative estimate of drug-likeness (QED) is 0.721. The first-order valence-corrected chi connectivity index (χ1v) is 8.94. The molecule has 0 bridgehead atoms. The minimum Gasteiger partial charge on any atom is -0.454 e. The number of nitrogens with zero attached hydrogens (tertiary/aromatic N) is 2. The molecule has 0 fully saturated rings. The topological polar surface area (TPSA) is 91.5 Å². The Morgan fingerprint density at radius 3 is 2.21 bits per heavy atom. The van der Waals surface area contributed by atoms with Crippen molar-refractivity contribution in [1.29, 1.82) is 0 Å². The number of ether oxygens (including phenoxy) is 2. The lowest BCUT2D eigenvalue weighted by atomic mass is 10.2. The van der Waals surface area contributed by atoms with Crippen LogP contribution in [-0.2, 0) is 9.84 Å². The summed E-state index contributed by atoms with van der Waals surface area (Å²) < 4.78 is 39.2. The fraction of sp³-hybridized carbons (Fsp3) is 0.125. The maximum absolute atomic E-state index is 11.5. The van der Waals surface area contributed by atoms with E-state index in [0.717, 1.165) is 6.26 Å². The van der Waals surface area contributed by atoms with Crippen LogP contribution in [0.2, 0.25) is 0 Å². The monoisotopic (exact) mass is 344 g/mol. The Balaban J connectivity index is 1.65. The molecule has 7 nitrogen and oxygen atoms in total. The molecule has 1 aliphatic rings. The summed E-state index contributed by atoms with van der Waals surface area (Å²) in [6, 6.07) is 11.6. The Bertz CT molecular complexity index is 1010. The van der Waals surface area contributed by atoms with E-state index in [0.29, 0.717) is 34.4 Å². The highest BCUT2D eigenvalue weighted by Gasteiger charge is 2.17. The molecule has 2 aromatic carbocycles. The highest BCUT2D eigenvalue weighted by Crippen LogP contribution is 2.36. The van der Waals surface area contributed by atoms with Crippen molar-refractivity contribution in [3.05, 3.63) is 42.5 Å². The highest BCUT2D eigenvalue weighted by molar-refractivity contribution is 7.90. The lowest BCUT2D eigenvalue weighted by Gasteiger charge is -1.99. The summed E-state index contributed by atoms with van der Waals surface area (Å²) in [5, 5.41) is 8.04. The largest absolute Gasteiger partial charge is 0.454 e. The molecule has 0 radical (unpaired) electrons. The van der Waals surface area contributed by atoms with E-state index in [1.165, 1.54) is 12.1 Å². The molecule has 122 valence electrons. The van der Waals surface area contributed by atoms with Crippen molar-refractivity contribution in [2.45, 2.75) is 4.90 Å². The van der Waals surface area contributed by atoms with E-state index in [4.69, 9.17) is 13.9 Å². The van der Waals surface area contributed by atoms with Gasteiger partial charge in [0.1, 0.15) is 0 Å². The summed E-state index contributed by atoms with van der Waals surface area (Å²) in [5.74, 6) is 1.96. The van der Waals surface area contributed by atoms with Crippen molar-refractivity contribution in [3.63, 3.8) is 0 Å². The maximum atomic E-state index is 11.5. The number of sulfone groups is 1. The lowest BCUT2D eigenvalue weighted by molar-refractivity contribution is 0.174. The van der Waals surface area contributed by atoms with Crippen LogP contribution in [0.4, 0.5) is 0 Å². The molecule has 4 rings (SSSR count). The smallest absolute Gasteiger partial charge is 0.248 e. The van der Waals surface area contributed by atoms with Gasteiger partial charge < -0.3 is 13.9 Å². The number of aromatic nitrogens is 2. The van der Waals surface area contributed by atoms with E-state index in [1.807, 2.05) is 0 Å². The summed E-state index contributed by atoms with van der Waals surface area (Å²) in [7, 11) is -3.24. The Labute approximate surface area is 137 Å². The number of hydrogen-bond donors (Lipinski definition) is 0. The first kappa shape index (κ1) is 14.7. The van der Waals surface area contributed by atoms with Gasteiger partial charge in [0, 0.05) is 17.4 Å². The number of rotatable bonds is 3. The van der Waals surface area contributed by atoms with Crippen LogP contribution >= 0.6 is 0 Å². The van der Waals surface area contributed by atoms with Crippen molar-refractivity contribution in [1.82, 2.24) is 10.2 Å². The standard InChI is InChI=1S/C16H12N2O5S/c1-24(19,20)12-5-2-10(3-6-12)15-17-18-16(23-15)11-4-7-13-14(8-11)22-9-21-13/h2-8H,9H2,1H3. The minimum atomic E-state index is -3.24. The number of hydrogen-bond acceptors (Lipinski definition) is 7. The van der Waals surface area contributed by atoms with E-state index in [9.17, 15) is 8.42 Å². The molecule has 24 heavy (non-hydrogen) atoms. The van der Waals surface area contributed by atoms with Crippen LogP contribution in [-0.4, -0.2) is 31.7 Å². The van der Waals surface area contributed by atoms with Gasteiger partial charge in [0.15, 0.2) is 21.3 Å². The van der Waals surface area contributed by atoms with E-state index >= 15 is 0 Å². The third kappa shape index (κ3) is 2.61. The predicted octanol–water partition coefficient (Wildman–Crippen LogP) is 2.54. The lowest BCUT2D eigenvalue weighted by Crippen LogP contribution is -1.96. The van der Waals surface area contributed by atoms with E-state index in [-0.39, 0.29) is 11.7 Å². The van der Waals surface area contributed by atoms with Gasteiger partial charge in [-0.25, -0.2) is 8.42 Å². The van der Waals surface area contributed by atoms with Crippen LogP contribution in [0.15, 0.2) is 51.8 Å². The molecule has 8 heteroatoms. The first-order valence-electron chi connectivity index (χ1n) is 7.05. The highest BCUT2D eigenvalue weighted by atomic mass is 32.2. The second-order valence-corrected chi connectivity index (χ2v) is 7.29. The Morgan fingerprint density at radius 2 is 1.50 bits per heavy atom. The molecule has 1 aliphatic heterocycles. The molecule has 0 atom stereocenters. The summed E-state index contributed by atoms with van der Waals surface area (Å²) in [4.78, 5) is 0.238. The Morgan fingerprint density at radius 1 is 0.875 bits per heavy atom. The zero-order valence-electron chi connectivity index (χ0n) is 12.6. The number of benzene rings is 2. The molecule has 0 unspecified atom stereocenters. The van der Waals surface area contributed by atoms with E-state index in [1.54, 1.807) is 30.3 Å². The van der Waals surface area contributed by atoms with Crippen LogP contribution in [0.25, 0.3) is 22.9 Å². The molecule has 0 saturated carbocycles. The summed E-state index contributed by atoms with van der Waals surface area (Å²) in [5.41, 5.74) is 1.35. The molecule has 3 aromatic rings. The van der Waals surface area contributed by atoms with Gasteiger partial charge in [-0.15, -0.1) is 10.2 Å². The molecule has 0 amide bonds. The fourth-order valence-electron chi connectivity index (χ4n) is 2.33. The van der Waals surface area contributed by atoms with Gasteiger partial charge in [-0.3, -0.25) is 0 Å². The van der Waals surface area contributed by atoms with Crippen LogP contribution in [0.5, 0.6) is 11.5 Å². The van der Waals surface area contributed by atoms with E-state index < -0.39 is 9.84 Å². The average Bonchev–Trinajstić information content (AvgIpc) is 3.22. The number of fused-ring (bicyclic) bond motifs is 1. The van der Waals surface area contributed by atoms with Crippen molar-refractivity contribution < 1.29 is 22.3 Å². The molecular weight excluding hydrogens is 332 g/mol. The van der Waals surface area contributed by atoms with Crippen molar-refractivity contribution in [2.24, 2.45) is 0 Å². The molecule has 0 saturated heterocycles. The predicted molar refractivity (Wildman–Crippen MR) is 84.4 cm³/mol. The van der Waals surface area contributed by atoms with Gasteiger partial charge in [0.05, 0.1) is 4.90 Å². The molecular formula is C16H12N2O5S. The maximum Gasteiger partial charge on any atom is 0.248 e. The SMILES string of the molecule is CS(=O)(=O)c1ccc(-c2nnc(-c3ccc4c(c3)OCO4)o2)cc1. The second kappa shape index (κ2) is 5.34. The van der Waals surface area contributed by atoms with Gasteiger partial charge in [0.2, 0.25) is 18.6 Å². The molecule has 2 heterocycles. The molecule has 1 aromatic heterocycles. The average molecular weight is 344 g/mol. The van der Waals surface area contributed by atoms with Gasteiger partial charge in [-0.05, 0) is 42.5 Å². The van der Waals surface area contributed by atoms with Crippen LogP contribution in [0.3, 0.4) is 0 Å². The Hall–Kier alpha value is -2.87. The second-order valence-electron chi connectivity index (χ2n) is 5.28. The molecule has 0 N–H and O–H groups in total. The van der Waals surface area contributed by atoms with Crippen LogP contribution < -0.4 is 9.47 Å². The van der Waals surface area contributed by atoms with Crippen molar-refractivity contribution in [3.8, 4) is 34.4 Å². The van der Waals surface area contributed by atoms with E-state index in [2.05, 4.69) is 10.2 Å². The van der Waals surface area contributed by atoms with Gasteiger partial charge >= 0.3 is 0 Å². The third-order valence-electron chi connectivity index (χ3n) is 3.57. The zero-order valence-corrected chi connectivity index (χ0v) is 13.4. The molecule has 0 aliphatic carbocycles. The van der Waals surface area contributed by atoms with Gasteiger partial charge in [-0.2, -0.15) is 0 Å². The van der Waals surface area contributed by atoms with Crippen LogP contribution in [0.1, 0.15) is 0 Å². The zero-order chi connectivity index (χ0) is 16.7. The first-order chi connectivity index (χ1) is 11.5.